The molecule has 3 fully saturated rings. The van der Waals surface area contributed by atoms with E-state index < -0.39 is 29.6 Å². The van der Waals surface area contributed by atoms with Crippen molar-refractivity contribution in [3.8, 4) is 17.2 Å². The van der Waals surface area contributed by atoms with Gasteiger partial charge in [0.15, 0.2) is 0 Å². The first-order chi connectivity index (χ1) is 23.2. The number of fused-ring (bicyclic) bond motifs is 4. The van der Waals surface area contributed by atoms with Crippen molar-refractivity contribution in [3.05, 3.63) is 101 Å². The minimum atomic E-state index is -0.640. The number of amides is 4. The number of ether oxygens (including phenoxy) is 1. The van der Waals surface area contributed by atoms with E-state index in [-0.39, 0.29) is 67.3 Å². The molecular formula is C38H38N2O8. The Kier molecular flexibility index (Phi) is 8.51. The number of rotatable bonds is 10. The molecule has 1 saturated carbocycles. The van der Waals surface area contributed by atoms with Gasteiger partial charge in [-0.15, -0.1) is 0 Å². The second-order valence-corrected chi connectivity index (χ2v) is 13.2. The maximum Gasteiger partial charge on any atom is 0.234 e. The monoisotopic (exact) mass is 650 g/mol. The quantitative estimate of drug-likeness (QED) is 0.223. The first kappa shape index (κ1) is 31.6. The highest BCUT2D eigenvalue weighted by molar-refractivity contribution is 6.08. The molecule has 10 heteroatoms. The number of phenolic OH excluding ortho intramolecular Hbond substituents is 2. The molecule has 6 atom stereocenters. The molecule has 2 saturated heterocycles. The van der Waals surface area contributed by atoms with E-state index in [0.29, 0.717) is 31.4 Å². The lowest BCUT2D eigenvalue weighted by atomic mass is 9.57. The summed E-state index contributed by atoms with van der Waals surface area (Å²) in [7, 11) is 0. The molecule has 0 aromatic heterocycles. The van der Waals surface area contributed by atoms with Gasteiger partial charge in [0.1, 0.15) is 23.9 Å². The molecule has 2 aliphatic carbocycles. The third-order valence-electron chi connectivity index (χ3n) is 10.6. The van der Waals surface area contributed by atoms with Crippen LogP contribution < -0.4 is 4.74 Å². The average molecular weight is 651 g/mol. The van der Waals surface area contributed by atoms with E-state index in [1.165, 1.54) is 9.80 Å². The van der Waals surface area contributed by atoms with Gasteiger partial charge in [0.25, 0.3) is 0 Å². The fraction of sp³-hybridized carbons (Fsp3) is 0.368. The fourth-order valence-electron chi connectivity index (χ4n) is 8.28. The summed E-state index contributed by atoms with van der Waals surface area (Å²) in [5.74, 6) is -3.29. The zero-order chi connectivity index (χ0) is 33.5. The molecule has 3 aromatic rings. The van der Waals surface area contributed by atoms with Crippen molar-refractivity contribution < 1.29 is 39.2 Å². The lowest BCUT2D eigenvalue weighted by molar-refractivity contribution is -0.142. The van der Waals surface area contributed by atoms with Crippen molar-refractivity contribution in [2.24, 2.45) is 29.6 Å². The first-order valence-electron chi connectivity index (χ1n) is 16.5. The molecule has 248 valence electrons. The van der Waals surface area contributed by atoms with Crippen molar-refractivity contribution in [2.45, 2.75) is 31.6 Å². The number of aliphatic hydroxyl groups excluding tert-OH is 1. The summed E-state index contributed by atoms with van der Waals surface area (Å²) in [4.78, 5) is 58.7. The van der Waals surface area contributed by atoms with Gasteiger partial charge in [-0.3, -0.25) is 29.0 Å². The molecule has 0 spiro atoms. The maximum atomic E-state index is 14.2. The van der Waals surface area contributed by atoms with Crippen molar-refractivity contribution in [1.82, 2.24) is 9.80 Å². The summed E-state index contributed by atoms with van der Waals surface area (Å²) in [5, 5.41) is 28.5. The highest BCUT2D eigenvalue weighted by Gasteiger charge is 2.61. The zero-order valence-corrected chi connectivity index (χ0v) is 26.4. The Morgan fingerprint density at radius 3 is 1.75 bits per heavy atom. The number of carbonyl (C=O) groups is 4. The summed E-state index contributed by atoms with van der Waals surface area (Å²) >= 11 is 0. The Morgan fingerprint density at radius 1 is 0.646 bits per heavy atom. The van der Waals surface area contributed by atoms with Crippen LogP contribution in [-0.2, 0) is 32.0 Å². The molecule has 3 aromatic carbocycles. The predicted octanol–water partition coefficient (Wildman–Crippen LogP) is 3.59. The van der Waals surface area contributed by atoms with Crippen LogP contribution >= 0.6 is 0 Å². The van der Waals surface area contributed by atoms with Gasteiger partial charge in [0.05, 0.1) is 30.3 Å². The summed E-state index contributed by atoms with van der Waals surface area (Å²) < 4.78 is 5.57. The number of aromatic hydroxyl groups is 2. The van der Waals surface area contributed by atoms with E-state index >= 15 is 0 Å². The van der Waals surface area contributed by atoms with Gasteiger partial charge >= 0.3 is 0 Å². The minimum absolute atomic E-state index is 0.124. The Labute approximate surface area is 278 Å². The average Bonchev–Trinajstić information content (AvgIpc) is 3.49. The summed E-state index contributed by atoms with van der Waals surface area (Å²) in [6.45, 7) is 0.450. The fourth-order valence-corrected chi connectivity index (χ4v) is 8.28. The standard InChI is InChI=1S/C38H38N2O8/c41-19-20-48-27-11-5-24(6-12-27)32-28-13-14-29-33(37(46)39(35(29)44)17-15-22-1-7-25(42)8-2-22)30(28)21-31-34(32)38(47)40(36(31)45)18-16-23-3-9-26(43)10-4-23/h1-13,29-34,41-43H,14-21H2/t29-,30+,31+,32-,33-,34+/m0/s1. The molecule has 3 N–H and O–H groups in total. The van der Waals surface area contributed by atoms with Crippen LogP contribution in [0, 0.1) is 29.6 Å². The molecule has 0 radical (unpaired) electrons. The minimum Gasteiger partial charge on any atom is -0.508 e. The maximum absolute atomic E-state index is 14.2. The highest BCUT2D eigenvalue weighted by atomic mass is 16.5. The molecule has 4 aliphatic rings. The van der Waals surface area contributed by atoms with Gasteiger partial charge in [-0.05, 0) is 84.7 Å². The molecule has 10 nitrogen and oxygen atoms in total. The van der Waals surface area contributed by atoms with Crippen LogP contribution in [-0.4, -0.2) is 75.1 Å². The largest absolute Gasteiger partial charge is 0.508 e. The van der Waals surface area contributed by atoms with Gasteiger partial charge in [0, 0.05) is 19.0 Å². The zero-order valence-electron chi connectivity index (χ0n) is 26.4. The topological polar surface area (TPSA) is 145 Å². The summed E-state index contributed by atoms with van der Waals surface area (Å²) in [5.41, 5.74) is 3.55. The number of allylic oxidation sites excluding steroid dienone is 2. The molecule has 2 heterocycles. The molecule has 7 rings (SSSR count). The van der Waals surface area contributed by atoms with Crippen molar-refractivity contribution in [2.75, 3.05) is 26.3 Å². The summed E-state index contributed by atoms with van der Waals surface area (Å²) in [6.07, 6.45) is 3.64. The van der Waals surface area contributed by atoms with E-state index in [9.17, 15) is 34.5 Å². The Morgan fingerprint density at radius 2 is 1.19 bits per heavy atom. The van der Waals surface area contributed by atoms with Gasteiger partial charge < -0.3 is 20.1 Å². The number of nitrogens with zero attached hydrogens (tertiary/aromatic N) is 2. The normalized spacial score (nSPS) is 26.3. The van der Waals surface area contributed by atoms with E-state index in [1.807, 2.05) is 18.2 Å². The lowest BCUT2D eigenvalue weighted by Crippen LogP contribution is -2.43. The van der Waals surface area contributed by atoms with Crippen LogP contribution in [0.2, 0.25) is 0 Å². The van der Waals surface area contributed by atoms with Gasteiger partial charge in [-0.1, -0.05) is 48.0 Å². The SMILES string of the molecule is O=C1[C@H]2[C@H](CC=C3[C@H]2C[C@H]2C(=O)N(CCc4ccc(O)cc4)C(=O)[C@H]2[C@H]3c2ccc(OCCO)cc2)C(=O)N1CCc1ccc(O)cc1. The van der Waals surface area contributed by atoms with Crippen LogP contribution in [0.1, 0.15) is 35.4 Å². The van der Waals surface area contributed by atoms with Crippen LogP contribution in [0.4, 0.5) is 0 Å². The number of phenols is 2. The molecule has 0 unspecified atom stereocenters. The lowest BCUT2D eigenvalue weighted by Gasteiger charge is -2.44. The number of carbonyl (C=O) groups excluding carboxylic acids is 4. The number of aliphatic hydroxyl groups is 1. The number of benzene rings is 3. The Bertz CT molecular complexity index is 1750. The predicted molar refractivity (Wildman–Crippen MR) is 174 cm³/mol. The first-order valence-corrected chi connectivity index (χ1v) is 16.5. The molecule has 4 amide bonds. The van der Waals surface area contributed by atoms with E-state index in [2.05, 4.69) is 0 Å². The van der Waals surface area contributed by atoms with Crippen LogP contribution in [0.5, 0.6) is 17.2 Å². The van der Waals surface area contributed by atoms with Crippen molar-refractivity contribution in [1.29, 1.82) is 0 Å². The van der Waals surface area contributed by atoms with E-state index in [4.69, 9.17) is 4.74 Å². The Balaban J connectivity index is 1.19. The summed E-state index contributed by atoms with van der Waals surface area (Å²) in [6, 6.07) is 20.7. The number of hydrogen-bond donors (Lipinski definition) is 3. The smallest absolute Gasteiger partial charge is 0.234 e. The Hall–Kier alpha value is -4.96. The van der Waals surface area contributed by atoms with Crippen molar-refractivity contribution >= 4 is 23.6 Å². The third-order valence-corrected chi connectivity index (χ3v) is 10.6. The molecule has 0 bridgehead atoms. The highest BCUT2D eigenvalue weighted by Crippen LogP contribution is 2.58. The second-order valence-electron chi connectivity index (χ2n) is 13.2. The van der Waals surface area contributed by atoms with Crippen LogP contribution in [0.25, 0.3) is 0 Å². The van der Waals surface area contributed by atoms with Gasteiger partial charge in [-0.2, -0.15) is 0 Å². The van der Waals surface area contributed by atoms with Crippen molar-refractivity contribution in [3.63, 3.8) is 0 Å². The molecular weight excluding hydrogens is 612 g/mol. The third kappa shape index (κ3) is 5.64. The van der Waals surface area contributed by atoms with Gasteiger partial charge in [-0.25, -0.2) is 0 Å². The van der Waals surface area contributed by atoms with E-state index in [1.54, 1.807) is 60.7 Å². The molecule has 48 heavy (non-hydrogen) atoms. The second kappa shape index (κ2) is 12.9. The van der Waals surface area contributed by atoms with Gasteiger partial charge in [0.2, 0.25) is 23.6 Å². The van der Waals surface area contributed by atoms with Crippen LogP contribution in [0.15, 0.2) is 84.4 Å². The van der Waals surface area contributed by atoms with E-state index in [0.717, 1.165) is 22.3 Å². The number of likely N-dealkylation sites (tertiary alicyclic amines) is 2. The number of hydrogen-bond acceptors (Lipinski definition) is 8. The molecule has 2 aliphatic heterocycles. The number of imide groups is 2. The van der Waals surface area contributed by atoms with Crippen LogP contribution in [0.3, 0.4) is 0 Å².